The number of carbonyl (C=O) groups excluding carboxylic acids is 3. The zero-order valence-electron chi connectivity index (χ0n) is 14.8. The SMILES string of the molecule is CCC[C@@H](CCO)[C@H]1C(=O)OC[C@H](NC(=O)OC(C)C)C(=O)N1C. The highest BCUT2D eigenvalue weighted by atomic mass is 16.6. The number of hydrogen-bond acceptors (Lipinski definition) is 6. The predicted octanol–water partition coefficient (Wildman–Crippen LogP) is 0.672. The molecule has 0 aromatic rings. The molecule has 0 saturated carbocycles. The molecule has 0 bridgehead atoms. The Bertz CT molecular complexity index is 448. The van der Waals surface area contributed by atoms with E-state index < -0.39 is 30.1 Å². The van der Waals surface area contributed by atoms with E-state index in [-0.39, 0.29) is 25.2 Å². The molecule has 24 heavy (non-hydrogen) atoms. The van der Waals surface area contributed by atoms with Gasteiger partial charge in [-0.3, -0.25) is 4.79 Å². The van der Waals surface area contributed by atoms with Crippen molar-refractivity contribution in [1.82, 2.24) is 10.2 Å². The third-order valence-corrected chi connectivity index (χ3v) is 3.94. The number of rotatable bonds is 7. The van der Waals surface area contributed by atoms with Gasteiger partial charge in [0, 0.05) is 13.7 Å². The minimum Gasteiger partial charge on any atom is -0.461 e. The second-order valence-corrected chi connectivity index (χ2v) is 6.24. The third kappa shape index (κ3) is 5.36. The van der Waals surface area contributed by atoms with Crippen molar-refractivity contribution in [2.75, 3.05) is 20.3 Å². The Hall–Kier alpha value is -1.83. The highest BCUT2D eigenvalue weighted by molar-refractivity contribution is 5.91. The lowest BCUT2D eigenvalue weighted by atomic mass is 9.90. The van der Waals surface area contributed by atoms with Gasteiger partial charge in [-0.05, 0) is 32.6 Å². The summed E-state index contributed by atoms with van der Waals surface area (Å²) in [6.07, 6.45) is 0.854. The molecule has 1 saturated heterocycles. The number of nitrogens with zero attached hydrogens (tertiary/aromatic N) is 1. The summed E-state index contributed by atoms with van der Waals surface area (Å²) >= 11 is 0. The maximum absolute atomic E-state index is 12.6. The smallest absolute Gasteiger partial charge is 0.408 e. The first kappa shape index (κ1) is 20.2. The second-order valence-electron chi connectivity index (χ2n) is 6.24. The summed E-state index contributed by atoms with van der Waals surface area (Å²) in [6, 6.07) is -1.75. The lowest BCUT2D eigenvalue weighted by Crippen LogP contribution is -2.52. The number of alkyl carbamates (subject to hydrolysis) is 1. The molecule has 0 radical (unpaired) electrons. The van der Waals surface area contributed by atoms with Crippen LogP contribution in [0.4, 0.5) is 4.79 Å². The molecule has 1 aliphatic heterocycles. The first-order valence-electron chi connectivity index (χ1n) is 8.33. The fourth-order valence-corrected chi connectivity index (χ4v) is 2.86. The van der Waals surface area contributed by atoms with Gasteiger partial charge in [-0.15, -0.1) is 0 Å². The zero-order valence-corrected chi connectivity index (χ0v) is 14.8. The summed E-state index contributed by atoms with van der Waals surface area (Å²) in [4.78, 5) is 37.9. The van der Waals surface area contributed by atoms with Crippen LogP contribution in [0.3, 0.4) is 0 Å². The summed E-state index contributed by atoms with van der Waals surface area (Å²) in [5, 5.41) is 11.7. The first-order chi connectivity index (χ1) is 11.3. The van der Waals surface area contributed by atoms with E-state index in [1.54, 1.807) is 13.8 Å². The molecular weight excluding hydrogens is 316 g/mol. The average molecular weight is 344 g/mol. The summed E-state index contributed by atoms with van der Waals surface area (Å²) in [5.74, 6) is -1.12. The fourth-order valence-electron chi connectivity index (χ4n) is 2.86. The Morgan fingerprint density at radius 2 is 2.08 bits per heavy atom. The monoisotopic (exact) mass is 344 g/mol. The van der Waals surface area contributed by atoms with Crippen LogP contribution in [0, 0.1) is 5.92 Å². The molecule has 2 N–H and O–H groups in total. The Balaban J connectivity index is 2.88. The van der Waals surface area contributed by atoms with Crippen LogP contribution >= 0.6 is 0 Å². The molecule has 0 aromatic carbocycles. The van der Waals surface area contributed by atoms with Crippen molar-refractivity contribution in [3.05, 3.63) is 0 Å². The second kappa shape index (κ2) is 9.46. The number of hydrogen-bond donors (Lipinski definition) is 2. The van der Waals surface area contributed by atoms with Gasteiger partial charge in [0.2, 0.25) is 5.91 Å². The van der Waals surface area contributed by atoms with Gasteiger partial charge in [0.05, 0.1) is 6.10 Å². The van der Waals surface area contributed by atoms with Crippen LogP contribution in [0.1, 0.15) is 40.0 Å². The number of amides is 2. The van der Waals surface area contributed by atoms with Gasteiger partial charge in [0.25, 0.3) is 0 Å². The molecule has 8 nitrogen and oxygen atoms in total. The molecule has 138 valence electrons. The summed E-state index contributed by atoms with van der Waals surface area (Å²) < 4.78 is 10.2. The molecule has 0 aliphatic carbocycles. The molecule has 2 amide bonds. The van der Waals surface area contributed by atoms with Crippen molar-refractivity contribution < 1.29 is 29.0 Å². The normalized spacial score (nSPS) is 22.8. The molecule has 0 aromatic heterocycles. The Morgan fingerprint density at radius 3 is 2.62 bits per heavy atom. The molecular formula is C16H28N2O6. The maximum atomic E-state index is 12.6. The Kier molecular flexibility index (Phi) is 7.97. The molecule has 0 unspecified atom stereocenters. The van der Waals surface area contributed by atoms with E-state index in [1.165, 1.54) is 11.9 Å². The molecule has 3 atom stereocenters. The molecule has 0 spiro atoms. The third-order valence-electron chi connectivity index (χ3n) is 3.94. The van der Waals surface area contributed by atoms with Crippen molar-refractivity contribution in [3.63, 3.8) is 0 Å². The lowest BCUT2D eigenvalue weighted by Gasteiger charge is -2.31. The molecule has 1 rings (SSSR count). The minimum absolute atomic E-state index is 0.0706. The number of esters is 1. The van der Waals surface area contributed by atoms with E-state index >= 15 is 0 Å². The number of carbonyl (C=O) groups is 3. The number of ether oxygens (including phenoxy) is 2. The number of nitrogens with one attached hydrogen (secondary N) is 1. The van der Waals surface area contributed by atoms with Gasteiger partial charge < -0.3 is 24.8 Å². The molecule has 8 heteroatoms. The van der Waals surface area contributed by atoms with Crippen molar-refractivity contribution in [2.45, 2.75) is 58.2 Å². The van der Waals surface area contributed by atoms with E-state index in [4.69, 9.17) is 9.47 Å². The average Bonchev–Trinajstić information content (AvgIpc) is 2.59. The van der Waals surface area contributed by atoms with Gasteiger partial charge >= 0.3 is 12.1 Å². The van der Waals surface area contributed by atoms with Gasteiger partial charge in [-0.25, -0.2) is 9.59 Å². The first-order valence-corrected chi connectivity index (χ1v) is 8.33. The maximum Gasteiger partial charge on any atom is 0.408 e. The van der Waals surface area contributed by atoms with Crippen molar-refractivity contribution in [1.29, 1.82) is 0 Å². The van der Waals surface area contributed by atoms with Crippen molar-refractivity contribution in [3.8, 4) is 0 Å². The standard InChI is InChI=1S/C16H28N2O6/c1-5-6-11(7-8-19)13-15(21)23-9-12(14(20)18(13)4)17-16(22)24-10(2)3/h10-13,19H,5-9H2,1-4H3,(H,17,22)/t11-,12-,13-/m0/s1. The van der Waals surface area contributed by atoms with Crippen LogP contribution in [-0.2, 0) is 19.1 Å². The molecule has 1 fully saturated rings. The zero-order chi connectivity index (χ0) is 18.3. The van der Waals surface area contributed by atoms with Crippen LogP contribution in [-0.4, -0.2) is 66.4 Å². The van der Waals surface area contributed by atoms with Gasteiger partial charge in [0.15, 0.2) is 0 Å². The molecule has 1 aliphatic rings. The summed E-state index contributed by atoms with van der Waals surface area (Å²) in [7, 11) is 1.52. The van der Waals surface area contributed by atoms with Crippen LogP contribution in [0.15, 0.2) is 0 Å². The van der Waals surface area contributed by atoms with E-state index in [1.807, 2.05) is 6.92 Å². The van der Waals surface area contributed by atoms with E-state index in [9.17, 15) is 19.5 Å². The Morgan fingerprint density at radius 1 is 1.42 bits per heavy atom. The van der Waals surface area contributed by atoms with Crippen molar-refractivity contribution >= 4 is 18.0 Å². The van der Waals surface area contributed by atoms with E-state index in [2.05, 4.69) is 5.32 Å². The number of aliphatic hydroxyl groups is 1. The van der Waals surface area contributed by atoms with Crippen LogP contribution in [0.2, 0.25) is 0 Å². The fraction of sp³-hybridized carbons (Fsp3) is 0.812. The lowest BCUT2D eigenvalue weighted by molar-refractivity contribution is -0.151. The molecule has 1 heterocycles. The highest BCUT2D eigenvalue weighted by Crippen LogP contribution is 2.23. The van der Waals surface area contributed by atoms with Gasteiger partial charge in [-0.1, -0.05) is 13.3 Å². The van der Waals surface area contributed by atoms with E-state index in [0.29, 0.717) is 12.8 Å². The topological polar surface area (TPSA) is 105 Å². The predicted molar refractivity (Wildman–Crippen MR) is 86.2 cm³/mol. The van der Waals surface area contributed by atoms with Gasteiger partial charge in [0.1, 0.15) is 18.7 Å². The summed E-state index contributed by atoms with van der Waals surface area (Å²) in [6.45, 7) is 5.06. The largest absolute Gasteiger partial charge is 0.461 e. The number of aliphatic hydroxyl groups excluding tert-OH is 1. The number of cyclic esters (lactones) is 1. The van der Waals surface area contributed by atoms with Crippen molar-refractivity contribution in [2.24, 2.45) is 5.92 Å². The van der Waals surface area contributed by atoms with Gasteiger partial charge in [-0.2, -0.15) is 0 Å². The van der Waals surface area contributed by atoms with Crippen LogP contribution in [0.25, 0.3) is 0 Å². The van der Waals surface area contributed by atoms with Crippen LogP contribution in [0.5, 0.6) is 0 Å². The highest BCUT2D eigenvalue weighted by Gasteiger charge is 2.41. The summed E-state index contributed by atoms with van der Waals surface area (Å²) in [5.41, 5.74) is 0. The Labute approximate surface area is 142 Å². The van der Waals surface area contributed by atoms with Crippen LogP contribution < -0.4 is 5.32 Å². The minimum atomic E-state index is -0.980. The quantitative estimate of drug-likeness (QED) is 0.658. The van der Waals surface area contributed by atoms with E-state index in [0.717, 1.165) is 6.42 Å². The number of likely N-dealkylation sites (N-methyl/N-ethyl adjacent to an activating group) is 1.